The Morgan fingerprint density at radius 3 is 2.69 bits per heavy atom. The topological polar surface area (TPSA) is 78.9 Å². The number of oxime groups is 1. The van der Waals surface area contributed by atoms with Crippen LogP contribution < -0.4 is 5.73 Å². The van der Waals surface area contributed by atoms with Gasteiger partial charge in [-0.3, -0.25) is 4.79 Å². The van der Waals surface area contributed by atoms with Gasteiger partial charge in [0.15, 0.2) is 5.84 Å². The van der Waals surface area contributed by atoms with Crippen molar-refractivity contribution in [1.29, 1.82) is 0 Å². The molecule has 0 radical (unpaired) electrons. The molecular weight excluding hydrogens is 226 g/mol. The highest BCUT2D eigenvalue weighted by Crippen LogP contribution is 2.26. The number of amides is 1. The summed E-state index contributed by atoms with van der Waals surface area (Å²) in [5.41, 5.74) is 4.59. The highest BCUT2D eigenvalue weighted by atomic mass is 32.2. The first-order valence-corrected chi connectivity index (χ1v) is 6.39. The highest BCUT2D eigenvalue weighted by molar-refractivity contribution is 7.99. The number of amidine groups is 1. The molecule has 5 nitrogen and oxygen atoms in total. The first-order valence-electron chi connectivity index (χ1n) is 5.24. The van der Waals surface area contributed by atoms with Gasteiger partial charge in [0.05, 0.1) is 0 Å². The van der Waals surface area contributed by atoms with Crippen molar-refractivity contribution in [3.05, 3.63) is 0 Å². The van der Waals surface area contributed by atoms with Crippen molar-refractivity contribution in [3.63, 3.8) is 0 Å². The highest BCUT2D eigenvalue weighted by Gasteiger charge is 2.38. The number of hydrogen-bond donors (Lipinski definition) is 2. The van der Waals surface area contributed by atoms with E-state index in [-0.39, 0.29) is 17.8 Å². The van der Waals surface area contributed by atoms with E-state index in [1.165, 1.54) is 0 Å². The van der Waals surface area contributed by atoms with Crippen LogP contribution in [0.4, 0.5) is 0 Å². The molecule has 0 aliphatic carbocycles. The number of rotatable bonds is 3. The summed E-state index contributed by atoms with van der Waals surface area (Å²) in [4.78, 5) is 13.9. The van der Waals surface area contributed by atoms with E-state index in [0.29, 0.717) is 0 Å². The number of carbonyl (C=O) groups is 1. The van der Waals surface area contributed by atoms with Crippen molar-refractivity contribution in [2.45, 2.75) is 26.3 Å². The second-order valence-corrected chi connectivity index (χ2v) is 5.69. The minimum absolute atomic E-state index is 0.0463. The van der Waals surface area contributed by atoms with E-state index in [0.717, 1.165) is 17.9 Å². The summed E-state index contributed by atoms with van der Waals surface area (Å²) in [5, 5.41) is 11.6. The summed E-state index contributed by atoms with van der Waals surface area (Å²) in [6, 6.07) is 0.267. The van der Waals surface area contributed by atoms with Crippen LogP contribution in [0.2, 0.25) is 0 Å². The Hall–Kier alpha value is -0.910. The lowest BCUT2D eigenvalue weighted by Crippen LogP contribution is -2.50. The average Bonchev–Trinajstić information content (AvgIpc) is 2.79. The molecule has 1 aliphatic rings. The normalized spacial score (nSPS) is 22.2. The van der Waals surface area contributed by atoms with Gasteiger partial charge in [0.25, 0.3) is 0 Å². The number of nitrogens with zero attached hydrogens (tertiary/aromatic N) is 2. The van der Waals surface area contributed by atoms with Crippen LogP contribution in [-0.2, 0) is 4.79 Å². The van der Waals surface area contributed by atoms with Crippen molar-refractivity contribution >= 4 is 23.5 Å². The molecule has 1 aliphatic heterocycles. The monoisotopic (exact) mass is 245 g/mol. The Balaban J connectivity index is 2.76. The Morgan fingerprint density at radius 1 is 1.62 bits per heavy atom. The maximum Gasteiger partial charge on any atom is 0.235 e. The standard InChI is InChI=1S/C10H19N3O2S/c1-10(2,8(11)12-15)9(14)13(3)7-4-5-16-6-7/h7,15H,4-6H2,1-3H3,(H2,11,12). The van der Waals surface area contributed by atoms with E-state index in [1.54, 1.807) is 25.8 Å². The third kappa shape index (κ3) is 2.42. The lowest BCUT2D eigenvalue weighted by molar-refractivity contribution is -0.137. The zero-order valence-corrected chi connectivity index (χ0v) is 10.8. The molecule has 1 rings (SSSR count). The molecule has 1 saturated heterocycles. The fourth-order valence-electron chi connectivity index (χ4n) is 1.67. The van der Waals surface area contributed by atoms with Crippen LogP contribution in [0, 0.1) is 5.41 Å². The van der Waals surface area contributed by atoms with Crippen molar-refractivity contribution in [3.8, 4) is 0 Å². The van der Waals surface area contributed by atoms with Gasteiger partial charge < -0.3 is 15.8 Å². The third-order valence-electron chi connectivity index (χ3n) is 3.06. The Labute approximate surface area is 100 Å². The summed E-state index contributed by atoms with van der Waals surface area (Å²) in [7, 11) is 1.78. The molecule has 92 valence electrons. The molecular formula is C10H19N3O2S. The molecule has 1 heterocycles. The summed E-state index contributed by atoms with van der Waals surface area (Å²) < 4.78 is 0. The van der Waals surface area contributed by atoms with Gasteiger partial charge in [-0.2, -0.15) is 11.8 Å². The smallest absolute Gasteiger partial charge is 0.235 e. The molecule has 0 saturated carbocycles. The Bertz CT molecular complexity index is 298. The first-order chi connectivity index (χ1) is 7.41. The molecule has 1 amide bonds. The van der Waals surface area contributed by atoms with Gasteiger partial charge >= 0.3 is 0 Å². The fourth-order valence-corrected chi connectivity index (χ4v) is 2.94. The van der Waals surface area contributed by atoms with Gasteiger partial charge in [-0.25, -0.2) is 0 Å². The number of thioether (sulfide) groups is 1. The largest absolute Gasteiger partial charge is 0.409 e. The maximum atomic E-state index is 12.2. The molecule has 0 aromatic carbocycles. The van der Waals surface area contributed by atoms with Crippen molar-refractivity contribution in [1.82, 2.24) is 4.90 Å². The zero-order valence-electron chi connectivity index (χ0n) is 9.93. The predicted octanol–water partition coefficient (Wildman–Crippen LogP) is 0.723. The number of nitrogens with two attached hydrogens (primary N) is 1. The van der Waals surface area contributed by atoms with E-state index in [9.17, 15) is 4.79 Å². The number of hydrogen-bond acceptors (Lipinski definition) is 4. The van der Waals surface area contributed by atoms with Gasteiger partial charge in [0, 0.05) is 18.8 Å². The van der Waals surface area contributed by atoms with Gasteiger partial charge in [-0.15, -0.1) is 0 Å². The molecule has 3 N–H and O–H groups in total. The lowest BCUT2D eigenvalue weighted by Gasteiger charge is -2.31. The zero-order chi connectivity index (χ0) is 12.3. The van der Waals surface area contributed by atoms with Crippen molar-refractivity contribution < 1.29 is 10.0 Å². The van der Waals surface area contributed by atoms with E-state index >= 15 is 0 Å². The molecule has 0 spiro atoms. The molecule has 0 bridgehead atoms. The average molecular weight is 245 g/mol. The molecule has 16 heavy (non-hydrogen) atoms. The molecule has 6 heteroatoms. The van der Waals surface area contributed by atoms with Crippen LogP contribution in [0.3, 0.4) is 0 Å². The van der Waals surface area contributed by atoms with Gasteiger partial charge in [-0.05, 0) is 26.0 Å². The molecule has 1 atom stereocenters. The van der Waals surface area contributed by atoms with E-state index in [2.05, 4.69) is 5.16 Å². The Morgan fingerprint density at radius 2 is 2.25 bits per heavy atom. The number of carbonyl (C=O) groups excluding carboxylic acids is 1. The summed E-state index contributed by atoms with van der Waals surface area (Å²) in [6.07, 6.45) is 1.01. The van der Waals surface area contributed by atoms with Gasteiger partial charge in [0.1, 0.15) is 5.41 Å². The summed E-state index contributed by atoms with van der Waals surface area (Å²) >= 11 is 1.85. The maximum absolute atomic E-state index is 12.2. The minimum Gasteiger partial charge on any atom is -0.409 e. The van der Waals surface area contributed by atoms with Gasteiger partial charge in [-0.1, -0.05) is 5.16 Å². The van der Waals surface area contributed by atoms with Crippen LogP contribution in [0.15, 0.2) is 5.16 Å². The van der Waals surface area contributed by atoms with Gasteiger partial charge in [0.2, 0.25) is 5.91 Å². The Kier molecular flexibility index (Phi) is 4.07. The van der Waals surface area contributed by atoms with Crippen LogP contribution in [0.25, 0.3) is 0 Å². The molecule has 1 fully saturated rings. The predicted molar refractivity (Wildman–Crippen MR) is 65.7 cm³/mol. The quantitative estimate of drug-likeness (QED) is 0.332. The molecule has 0 aromatic rings. The van der Waals surface area contributed by atoms with Crippen LogP contribution >= 0.6 is 11.8 Å². The summed E-state index contributed by atoms with van der Waals surface area (Å²) in [6.45, 7) is 3.34. The van der Waals surface area contributed by atoms with Crippen LogP contribution in [0.5, 0.6) is 0 Å². The van der Waals surface area contributed by atoms with Crippen molar-refractivity contribution in [2.75, 3.05) is 18.6 Å². The second kappa shape index (κ2) is 4.95. The molecule has 1 unspecified atom stereocenters. The lowest BCUT2D eigenvalue weighted by atomic mass is 9.89. The SMILES string of the molecule is CN(C(=O)C(C)(C)C(N)=NO)C1CCSC1. The van der Waals surface area contributed by atoms with E-state index in [4.69, 9.17) is 10.9 Å². The fraction of sp³-hybridized carbons (Fsp3) is 0.800. The van der Waals surface area contributed by atoms with Crippen LogP contribution in [-0.4, -0.2) is 46.4 Å². The van der Waals surface area contributed by atoms with Crippen molar-refractivity contribution in [2.24, 2.45) is 16.3 Å². The van der Waals surface area contributed by atoms with E-state index in [1.807, 2.05) is 11.8 Å². The summed E-state index contributed by atoms with van der Waals surface area (Å²) in [5.74, 6) is 1.91. The van der Waals surface area contributed by atoms with E-state index < -0.39 is 5.41 Å². The first kappa shape index (κ1) is 13.2. The second-order valence-electron chi connectivity index (χ2n) is 4.54. The third-order valence-corrected chi connectivity index (χ3v) is 4.20. The van der Waals surface area contributed by atoms with Crippen LogP contribution in [0.1, 0.15) is 20.3 Å². The molecule has 0 aromatic heterocycles. The minimum atomic E-state index is -0.948.